The number of aryl methyl sites for hydroxylation is 1. The van der Waals surface area contributed by atoms with Crippen molar-refractivity contribution in [3.63, 3.8) is 0 Å². The molecular formula is C21H36FNO3. The minimum Gasteiger partial charge on any atom is -0.423 e. The molecule has 26 heavy (non-hydrogen) atoms. The lowest BCUT2D eigenvalue weighted by atomic mass is 10.0. The van der Waals surface area contributed by atoms with E-state index in [-0.39, 0.29) is 17.7 Å². The number of carbonyl (C=O) groups excluding carboxylic acids is 1. The van der Waals surface area contributed by atoms with Crippen LogP contribution in [0, 0.1) is 5.82 Å². The van der Waals surface area contributed by atoms with E-state index in [9.17, 15) is 9.18 Å². The highest BCUT2D eigenvalue weighted by atomic mass is 19.1. The van der Waals surface area contributed by atoms with E-state index in [1.165, 1.54) is 12.1 Å². The summed E-state index contributed by atoms with van der Waals surface area (Å²) >= 11 is 0. The highest BCUT2D eigenvalue weighted by Crippen LogP contribution is 2.22. The van der Waals surface area contributed by atoms with Crippen LogP contribution in [0.25, 0.3) is 0 Å². The van der Waals surface area contributed by atoms with Crippen LogP contribution in [0.2, 0.25) is 0 Å². The predicted molar refractivity (Wildman–Crippen MR) is 105 cm³/mol. The van der Waals surface area contributed by atoms with Crippen LogP contribution < -0.4 is 10.5 Å². The molecule has 0 radical (unpaired) electrons. The fourth-order valence-electron chi connectivity index (χ4n) is 2.09. The molecule has 1 rings (SSSR count). The van der Waals surface area contributed by atoms with Gasteiger partial charge in [0.1, 0.15) is 0 Å². The highest BCUT2D eigenvalue weighted by Gasteiger charge is 2.22. The van der Waals surface area contributed by atoms with Gasteiger partial charge in [-0.05, 0) is 64.7 Å². The van der Waals surface area contributed by atoms with Crippen LogP contribution in [-0.2, 0) is 16.0 Å². The van der Waals surface area contributed by atoms with Crippen LogP contribution in [0.1, 0.15) is 73.3 Å². The molecule has 0 heterocycles. The minimum atomic E-state index is -0.511. The van der Waals surface area contributed by atoms with E-state index in [4.69, 9.17) is 15.2 Å². The van der Waals surface area contributed by atoms with Gasteiger partial charge in [-0.3, -0.25) is 4.79 Å². The molecule has 0 aliphatic rings. The van der Waals surface area contributed by atoms with E-state index in [1.54, 1.807) is 6.07 Å². The predicted octanol–water partition coefficient (Wildman–Crippen LogP) is 5.02. The molecule has 0 saturated carbocycles. The van der Waals surface area contributed by atoms with E-state index in [0.29, 0.717) is 13.0 Å². The van der Waals surface area contributed by atoms with Crippen molar-refractivity contribution >= 4 is 5.97 Å². The highest BCUT2D eigenvalue weighted by molar-refractivity contribution is 5.72. The van der Waals surface area contributed by atoms with E-state index in [0.717, 1.165) is 18.4 Å². The lowest BCUT2D eigenvalue weighted by Crippen LogP contribution is -2.35. The van der Waals surface area contributed by atoms with Gasteiger partial charge in [-0.25, -0.2) is 4.39 Å². The smallest absolute Gasteiger partial charge is 0.311 e. The first-order chi connectivity index (χ1) is 12.0. The van der Waals surface area contributed by atoms with Crippen molar-refractivity contribution < 1.29 is 18.7 Å². The Kier molecular flexibility index (Phi) is 10.7. The Hall–Kier alpha value is -1.46. The van der Waals surface area contributed by atoms with Gasteiger partial charge in [0, 0.05) is 18.6 Å². The Balaban J connectivity index is 0.00000301. The van der Waals surface area contributed by atoms with Crippen molar-refractivity contribution in [2.75, 3.05) is 6.61 Å². The van der Waals surface area contributed by atoms with Gasteiger partial charge >= 0.3 is 5.97 Å². The van der Waals surface area contributed by atoms with Gasteiger partial charge in [0.15, 0.2) is 11.6 Å². The van der Waals surface area contributed by atoms with Crippen LogP contribution in [0.5, 0.6) is 5.75 Å². The largest absolute Gasteiger partial charge is 0.423 e. The Morgan fingerprint density at radius 3 is 2.27 bits per heavy atom. The zero-order valence-corrected chi connectivity index (χ0v) is 17.4. The third-order valence-corrected chi connectivity index (χ3v) is 3.80. The number of nitrogens with two attached hydrogens (primary N) is 1. The van der Waals surface area contributed by atoms with Gasteiger partial charge in [-0.2, -0.15) is 0 Å². The van der Waals surface area contributed by atoms with Crippen LogP contribution in [0.15, 0.2) is 18.2 Å². The van der Waals surface area contributed by atoms with Gasteiger partial charge in [0.05, 0.1) is 5.60 Å². The summed E-state index contributed by atoms with van der Waals surface area (Å²) in [6.45, 7) is 14.2. The molecule has 0 bridgehead atoms. The summed E-state index contributed by atoms with van der Waals surface area (Å²) < 4.78 is 24.7. The lowest BCUT2D eigenvalue weighted by molar-refractivity contribution is -0.136. The molecule has 150 valence electrons. The molecule has 0 aliphatic carbocycles. The zero-order valence-electron chi connectivity index (χ0n) is 17.4. The summed E-state index contributed by atoms with van der Waals surface area (Å²) in [6, 6.07) is 4.65. The van der Waals surface area contributed by atoms with Crippen molar-refractivity contribution in [2.45, 2.75) is 85.3 Å². The second kappa shape index (κ2) is 11.3. The Morgan fingerprint density at radius 1 is 1.15 bits per heavy atom. The molecule has 2 N–H and O–H groups in total. The van der Waals surface area contributed by atoms with Gasteiger partial charge in [0.2, 0.25) is 0 Å². The number of rotatable bonds is 9. The Bertz CT molecular complexity index is 551. The number of esters is 1. The second-order valence-corrected chi connectivity index (χ2v) is 7.44. The number of ether oxygens (including phenoxy) is 2. The lowest BCUT2D eigenvalue weighted by Gasteiger charge is -2.27. The molecule has 0 aromatic heterocycles. The summed E-state index contributed by atoms with van der Waals surface area (Å²) in [4.78, 5) is 11.9. The maximum Gasteiger partial charge on any atom is 0.311 e. The monoisotopic (exact) mass is 369 g/mol. The van der Waals surface area contributed by atoms with Crippen LogP contribution in [0.3, 0.4) is 0 Å². The molecule has 1 aromatic carbocycles. The molecule has 0 amide bonds. The van der Waals surface area contributed by atoms with Crippen LogP contribution in [0.4, 0.5) is 4.39 Å². The van der Waals surface area contributed by atoms with Gasteiger partial charge in [0.25, 0.3) is 0 Å². The maximum absolute atomic E-state index is 13.8. The quantitative estimate of drug-likeness (QED) is 0.490. The standard InChI is InChI=1S/C19H30FNO3.C2H6/c1-6-14-7-8-16(15(20)13-14)24-17(22)9-10-19(4,5)23-12-11-18(2,3)21;1-2/h7-8,13H,6,9-12,21H2,1-5H3;1-2H3. The fourth-order valence-corrected chi connectivity index (χ4v) is 2.09. The number of hydrogen-bond acceptors (Lipinski definition) is 4. The molecular weight excluding hydrogens is 333 g/mol. The molecule has 0 aliphatic heterocycles. The molecule has 0 unspecified atom stereocenters. The van der Waals surface area contributed by atoms with Crippen LogP contribution >= 0.6 is 0 Å². The number of halogens is 1. The number of carbonyl (C=O) groups is 1. The van der Waals surface area contributed by atoms with Crippen molar-refractivity contribution in [1.29, 1.82) is 0 Å². The Morgan fingerprint density at radius 2 is 1.77 bits per heavy atom. The topological polar surface area (TPSA) is 61.5 Å². The van der Waals surface area contributed by atoms with Crippen molar-refractivity contribution in [3.8, 4) is 5.75 Å². The first kappa shape index (κ1) is 24.5. The maximum atomic E-state index is 13.8. The van der Waals surface area contributed by atoms with Crippen molar-refractivity contribution in [2.24, 2.45) is 5.73 Å². The summed E-state index contributed by atoms with van der Waals surface area (Å²) in [5.74, 6) is -1.00. The Labute approximate surface area is 158 Å². The van der Waals surface area contributed by atoms with E-state index >= 15 is 0 Å². The van der Waals surface area contributed by atoms with Gasteiger partial charge in [-0.15, -0.1) is 0 Å². The van der Waals surface area contributed by atoms with Gasteiger partial charge < -0.3 is 15.2 Å². The third-order valence-electron chi connectivity index (χ3n) is 3.80. The molecule has 0 saturated heterocycles. The molecule has 5 heteroatoms. The SMILES string of the molecule is CC.CCc1ccc(OC(=O)CCC(C)(C)OCCC(C)(C)N)c(F)c1. The van der Waals surface area contributed by atoms with E-state index in [2.05, 4.69) is 0 Å². The molecule has 1 aromatic rings. The summed E-state index contributed by atoms with van der Waals surface area (Å²) in [6.07, 6.45) is 2.12. The van der Waals surface area contributed by atoms with Gasteiger partial charge in [-0.1, -0.05) is 26.8 Å². The fraction of sp³-hybridized carbons (Fsp3) is 0.667. The molecule has 4 nitrogen and oxygen atoms in total. The minimum absolute atomic E-state index is 0.0270. The molecule has 0 atom stereocenters. The van der Waals surface area contributed by atoms with Crippen molar-refractivity contribution in [1.82, 2.24) is 0 Å². The van der Waals surface area contributed by atoms with E-state index < -0.39 is 17.4 Å². The number of hydrogen-bond donors (Lipinski definition) is 1. The molecule has 0 fully saturated rings. The number of benzene rings is 1. The van der Waals surface area contributed by atoms with Crippen molar-refractivity contribution in [3.05, 3.63) is 29.6 Å². The summed E-state index contributed by atoms with van der Waals surface area (Å²) in [5, 5.41) is 0. The first-order valence-electron chi connectivity index (χ1n) is 9.44. The van der Waals surface area contributed by atoms with E-state index in [1.807, 2.05) is 48.5 Å². The average molecular weight is 370 g/mol. The zero-order chi connectivity index (χ0) is 20.4. The third kappa shape index (κ3) is 10.5. The summed E-state index contributed by atoms with van der Waals surface area (Å²) in [5.41, 5.74) is 6.04. The average Bonchev–Trinajstić information content (AvgIpc) is 2.55. The first-order valence-corrected chi connectivity index (χ1v) is 9.44. The normalized spacial score (nSPS) is 11.6. The van der Waals surface area contributed by atoms with Crippen LogP contribution in [-0.4, -0.2) is 23.7 Å². The molecule has 0 spiro atoms. The second-order valence-electron chi connectivity index (χ2n) is 7.44. The summed E-state index contributed by atoms with van der Waals surface area (Å²) in [7, 11) is 0.